The van der Waals surface area contributed by atoms with Crippen molar-refractivity contribution in [1.82, 2.24) is 16.2 Å². The number of hydrazine groups is 1. The first-order valence-electron chi connectivity index (χ1n) is 4.27. The average molecular weight is 178 g/mol. The Labute approximate surface area is 77.5 Å². The molecule has 0 aromatic rings. The van der Waals surface area contributed by atoms with Crippen molar-refractivity contribution in [1.29, 1.82) is 0 Å². The Hall–Kier alpha value is -1.42. The van der Waals surface area contributed by atoms with Crippen molar-refractivity contribution in [2.75, 3.05) is 7.05 Å². The van der Waals surface area contributed by atoms with Crippen LogP contribution in [0.1, 0.15) is 6.92 Å². The van der Waals surface area contributed by atoms with Gasteiger partial charge in [0.1, 0.15) is 0 Å². The normalized spacial score (nSPS) is 30.8. The number of nitrogens with one attached hydrogen (secondary N) is 3. The summed E-state index contributed by atoms with van der Waals surface area (Å²) in [6.07, 6.45) is 5.95. The molecule has 1 heterocycles. The predicted molar refractivity (Wildman–Crippen MR) is 52.2 cm³/mol. The SMILES string of the molecule is CNC1(C)C=C2NNC=C2C=C1N. The number of hydrogen-bond acceptors (Lipinski definition) is 4. The maximum atomic E-state index is 5.94. The van der Waals surface area contributed by atoms with E-state index >= 15 is 0 Å². The molecule has 0 amide bonds. The van der Waals surface area contributed by atoms with Crippen LogP contribution in [-0.4, -0.2) is 12.6 Å². The molecule has 1 aliphatic heterocycles. The number of rotatable bonds is 1. The molecule has 0 spiro atoms. The van der Waals surface area contributed by atoms with Gasteiger partial charge in [-0.05, 0) is 26.1 Å². The highest BCUT2D eigenvalue weighted by atomic mass is 15.4. The topological polar surface area (TPSA) is 62.1 Å². The van der Waals surface area contributed by atoms with Gasteiger partial charge < -0.3 is 21.9 Å². The quantitative estimate of drug-likeness (QED) is 0.445. The van der Waals surface area contributed by atoms with Gasteiger partial charge in [-0.25, -0.2) is 0 Å². The van der Waals surface area contributed by atoms with Gasteiger partial charge in [0.15, 0.2) is 0 Å². The van der Waals surface area contributed by atoms with Gasteiger partial charge in [0.05, 0.1) is 11.2 Å². The largest absolute Gasteiger partial charge is 0.400 e. The predicted octanol–water partition coefficient (Wildman–Crippen LogP) is -0.304. The van der Waals surface area contributed by atoms with E-state index in [0.29, 0.717) is 0 Å². The van der Waals surface area contributed by atoms with Gasteiger partial charge >= 0.3 is 0 Å². The van der Waals surface area contributed by atoms with Crippen LogP contribution >= 0.6 is 0 Å². The Morgan fingerprint density at radius 1 is 1.54 bits per heavy atom. The fraction of sp³-hybridized carbons (Fsp3) is 0.333. The third kappa shape index (κ3) is 1.10. The van der Waals surface area contributed by atoms with E-state index in [1.165, 1.54) is 0 Å². The van der Waals surface area contributed by atoms with Crippen LogP contribution < -0.4 is 21.9 Å². The number of likely N-dealkylation sites (N-methyl/N-ethyl adjacent to an activating group) is 1. The number of hydrogen-bond donors (Lipinski definition) is 4. The van der Waals surface area contributed by atoms with Crippen LogP contribution in [-0.2, 0) is 0 Å². The lowest BCUT2D eigenvalue weighted by Gasteiger charge is -2.30. The first-order chi connectivity index (χ1) is 6.15. The Morgan fingerprint density at radius 2 is 2.31 bits per heavy atom. The third-order valence-electron chi connectivity index (χ3n) is 2.61. The minimum absolute atomic E-state index is 0.244. The molecule has 0 saturated carbocycles. The molecule has 70 valence electrons. The molecule has 0 bridgehead atoms. The van der Waals surface area contributed by atoms with Crippen molar-refractivity contribution in [3.05, 3.63) is 35.3 Å². The zero-order chi connectivity index (χ0) is 9.47. The minimum Gasteiger partial charge on any atom is -0.400 e. The van der Waals surface area contributed by atoms with Crippen molar-refractivity contribution in [2.45, 2.75) is 12.5 Å². The number of nitrogens with two attached hydrogens (primary N) is 1. The van der Waals surface area contributed by atoms with Crippen LogP contribution in [0.3, 0.4) is 0 Å². The van der Waals surface area contributed by atoms with E-state index < -0.39 is 0 Å². The summed E-state index contributed by atoms with van der Waals surface area (Å²) < 4.78 is 0. The molecule has 0 saturated heterocycles. The molecule has 4 nitrogen and oxygen atoms in total. The second kappa shape index (κ2) is 2.53. The lowest BCUT2D eigenvalue weighted by Crippen LogP contribution is -2.45. The lowest BCUT2D eigenvalue weighted by molar-refractivity contribution is 0.537. The maximum absolute atomic E-state index is 5.94. The molecule has 0 radical (unpaired) electrons. The molecule has 1 aliphatic carbocycles. The summed E-state index contributed by atoms with van der Waals surface area (Å²) in [6, 6.07) is 0. The van der Waals surface area contributed by atoms with Crippen molar-refractivity contribution >= 4 is 0 Å². The Kier molecular flexibility index (Phi) is 1.60. The van der Waals surface area contributed by atoms with E-state index in [4.69, 9.17) is 5.73 Å². The van der Waals surface area contributed by atoms with Crippen LogP contribution in [0.15, 0.2) is 35.3 Å². The Balaban J connectivity index is 2.42. The van der Waals surface area contributed by atoms with Crippen molar-refractivity contribution in [3.8, 4) is 0 Å². The molecule has 13 heavy (non-hydrogen) atoms. The van der Waals surface area contributed by atoms with Crippen molar-refractivity contribution in [2.24, 2.45) is 5.73 Å². The van der Waals surface area contributed by atoms with Crippen LogP contribution in [0, 0.1) is 0 Å². The number of fused-ring (bicyclic) bond motifs is 1. The van der Waals surface area contributed by atoms with Gasteiger partial charge in [0.2, 0.25) is 0 Å². The van der Waals surface area contributed by atoms with E-state index in [2.05, 4.69) is 22.2 Å². The van der Waals surface area contributed by atoms with Crippen LogP contribution in [0.4, 0.5) is 0 Å². The Morgan fingerprint density at radius 3 is 3.00 bits per heavy atom. The number of allylic oxidation sites excluding steroid dienone is 1. The molecule has 0 aromatic heterocycles. The van der Waals surface area contributed by atoms with Gasteiger partial charge in [-0.2, -0.15) is 0 Å². The Bertz CT molecular complexity index is 327. The summed E-state index contributed by atoms with van der Waals surface area (Å²) in [5.41, 5.74) is 14.7. The van der Waals surface area contributed by atoms with Gasteiger partial charge in [0.25, 0.3) is 0 Å². The van der Waals surface area contributed by atoms with Crippen LogP contribution in [0.5, 0.6) is 0 Å². The highest BCUT2D eigenvalue weighted by molar-refractivity contribution is 5.51. The minimum atomic E-state index is -0.244. The molecule has 1 unspecified atom stereocenters. The molecule has 0 fully saturated rings. The van der Waals surface area contributed by atoms with Crippen LogP contribution in [0.2, 0.25) is 0 Å². The first-order valence-corrected chi connectivity index (χ1v) is 4.27. The highest BCUT2D eigenvalue weighted by Crippen LogP contribution is 2.26. The smallest absolute Gasteiger partial charge is 0.0759 e. The zero-order valence-corrected chi connectivity index (χ0v) is 7.81. The second-order valence-electron chi connectivity index (χ2n) is 3.48. The standard InChI is InChI=1S/C9H14N4/c1-9(11-2)4-7-6(3-8(9)10)5-12-13-7/h3-5,11-13H,10H2,1-2H3. The monoisotopic (exact) mass is 178 g/mol. The first kappa shape index (κ1) is 8.19. The fourth-order valence-electron chi connectivity index (χ4n) is 1.49. The van der Waals surface area contributed by atoms with E-state index in [0.717, 1.165) is 17.0 Å². The van der Waals surface area contributed by atoms with Crippen LogP contribution in [0.25, 0.3) is 0 Å². The van der Waals surface area contributed by atoms with E-state index in [9.17, 15) is 0 Å². The van der Waals surface area contributed by atoms with Gasteiger partial charge in [-0.15, -0.1) is 0 Å². The zero-order valence-electron chi connectivity index (χ0n) is 7.81. The van der Waals surface area contributed by atoms with Gasteiger partial charge in [-0.3, -0.25) is 0 Å². The molecule has 2 aliphatic rings. The third-order valence-corrected chi connectivity index (χ3v) is 2.61. The van der Waals surface area contributed by atoms with Crippen molar-refractivity contribution < 1.29 is 0 Å². The molecular formula is C9H14N4. The summed E-state index contributed by atoms with van der Waals surface area (Å²) in [6.45, 7) is 2.04. The fourth-order valence-corrected chi connectivity index (χ4v) is 1.49. The highest BCUT2D eigenvalue weighted by Gasteiger charge is 2.29. The molecule has 1 atom stereocenters. The lowest BCUT2D eigenvalue weighted by atomic mass is 9.89. The van der Waals surface area contributed by atoms with E-state index in [1.54, 1.807) is 0 Å². The van der Waals surface area contributed by atoms with E-state index in [-0.39, 0.29) is 5.54 Å². The molecule has 5 N–H and O–H groups in total. The summed E-state index contributed by atoms with van der Waals surface area (Å²) in [7, 11) is 1.90. The summed E-state index contributed by atoms with van der Waals surface area (Å²) >= 11 is 0. The molecule has 0 aromatic carbocycles. The summed E-state index contributed by atoms with van der Waals surface area (Å²) in [5, 5.41) is 3.18. The van der Waals surface area contributed by atoms with Crippen molar-refractivity contribution in [3.63, 3.8) is 0 Å². The summed E-state index contributed by atoms with van der Waals surface area (Å²) in [5.74, 6) is 0. The molecule has 4 heteroatoms. The molecule has 2 rings (SSSR count). The maximum Gasteiger partial charge on any atom is 0.0759 e. The second-order valence-corrected chi connectivity index (χ2v) is 3.48. The van der Waals surface area contributed by atoms with E-state index in [1.807, 2.05) is 26.2 Å². The van der Waals surface area contributed by atoms with Gasteiger partial charge in [-0.1, -0.05) is 0 Å². The molecular weight excluding hydrogens is 164 g/mol. The van der Waals surface area contributed by atoms with Gasteiger partial charge in [0, 0.05) is 17.5 Å². The summed E-state index contributed by atoms with van der Waals surface area (Å²) in [4.78, 5) is 0. The average Bonchev–Trinajstić information content (AvgIpc) is 2.52.